The Morgan fingerprint density at radius 2 is 1.77 bits per heavy atom. The average molecular weight is 442 g/mol. The number of amides is 1. The number of hydrogen-bond acceptors (Lipinski definition) is 6. The fraction of sp³-hybridized carbons (Fsp3) is 0.500. The Kier molecular flexibility index (Phi) is 7.25. The molecule has 1 aliphatic carbocycles. The number of thiophene rings is 1. The van der Waals surface area contributed by atoms with Crippen molar-refractivity contribution in [3.8, 4) is 0 Å². The van der Waals surface area contributed by atoms with Crippen molar-refractivity contribution in [2.24, 2.45) is 0 Å². The number of fused-ring (bicyclic) bond motifs is 1. The minimum atomic E-state index is -0.408. The van der Waals surface area contributed by atoms with Gasteiger partial charge in [-0.2, -0.15) is 0 Å². The third kappa shape index (κ3) is 5.66. The van der Waals surface area contributed by atoms with Gasteiger partial charge in [-0.05, 0) is 68.1 Å². The Morgan fingerprint density at radius 3 is 2.52 bits per heavy atom. The number of benzene rings is 1. The molecule has 7 heteroatoms. The van der Waals surface area contributed by atoms with Crippen LogP contribution in [0, 0.1) is 0 Å². The van der Waals surface area contributed by atoms with Crippen molar-refractivity contribution < 1.29 is 14.3 Å². The van der Waals surface area contributed by atoms with Gasteiger partial charge < -0.3 is 19.9 Å². The maximum atomic E-state index is 12.4. The average Bonchev–Trinajstić information content (AvgIpc) is 3.08. The van der Waals surface area contributed by atoms with Crippen LogP contribution < -0.4 is 10.2 Å². The number of carbonyl (C=O) groups is 2. The first-order valence-electron chi connectivity index (χ1n) is 11.3. The molecule has 1 saturated heterocycles. The van der Waals surface area contributed by atoms with Gasteiger partial charge in [0.15, 0.2) is 6.61 Å². The number of anilines is 2. The van der Waals surface area contributed by atoms with Crippen LogP contribution in [0.2, 0.25) is 0 Å². The van der Waals surface area contributed by atoms with Crippen LogP contribution in [-0.2, 0) is 22.4 Å². The van der Waals surface area contributed by atoms with Gasteiger partial charge in [0.1, 0.15) is 4.88 Å². The quantitative estimate of drug-likeness (QED) is 0.543. The van der Waals surface area contributed by atoms with Gasteiger partial charge >= 0.3 is 5.97 Å². The van der Waals surface area contributed by atoms with Crippen LogP contribution in [0.4, 0.5) is 11.4 Å². The predicted octanol–water partition coefficient (Wildman–Crippen LogP) is 3.95. The van der Waals surface area contributed by atoms with E-state index in [0.29, 0.717) is 10.6 Å². The minimum Gasteiger partial charge on any atom is -0.451 e. The molecule has 0 saturated carbocycles. The van der Waals surface area contributed by atoms with E-state index < -0.39 is 5.97 Å². The van der Waals surface area contributed by atoms with Crippen LogP contribution in [0.5, 0.6) is 0 Å². The molecule has 1 N–H and O–H groups in total. The summed E-state index contributed by atoms with van der Waals surface area (Å²) in [7, 11) is 0. The van der Waals surface area contributed by atoms with E-state index in [0.717, 1.165) is 51.3 Å². The Morgan fingerprint density at radius 1 is 1.03 bits per heavy atom. The summed E-state index contributed by atoms with van der Waals surface area (Å²) in [4.78, 5) is 31.3. The second-order valence-corrected chi connectivity index (χ2v) is 9.35. The molecule has 1 aliphatic heterocycles. The molecular formula is C24H31N3O3S. The van der Waals surface area contributed by atoms with E-state index in [-0.39, 0.29) is 12.5 Å². The number of hydrogen-bond donors (Lipinski definition) is 1. The van der Waals surface area contributed by atoms with Crippen molar-refractivity contribution in [1.29, 1.82) is 0 Å². The van der Waals surface area contributed by atoms with E-state index in [1.165, 1.54) is 41.0 Å². The number of nitrogens with one attached hydrogen (secondary N) is 1. The smallest absolute Gasteiger partial charge is 0.348 e. The summed E-state index contributed by atoms with van der Waals surface area (Å²) in [6, 6.07) is 9.81. The zero-order valence-electron chi connectivity index (χ0n) is 18.2. The highest BCUT2D eigenvalue weighted by molar-refractivity contribution is 7.14. The highest BCUT2D eigenvalue weighted by atomic mass is 32.1. The number of ether oxygens (including phenoxy) is 1. The minimum absolute atomic E-state index is 0.276. The summed E-state index contributed by atoms with van der Waals surface area (Å²) in [5, 5.41) is 2.81. The summed E-state index contributed by atoms with van der Waals surface area (Å²) in [5.41, 5.74) is 3.15. The molecule has 0 spiro atoms. The fourth-order valence-electron chi connectivity index (χ4n) is 4.25. The Hall–Kier alpha value is -2.38. The molecule has 0 atom stereocenters. The highest BCUT2D eigenvalue weighted by Crippen LogP contribution is 2.29. The van der Waals surface area contributed by atoms with Gasteiger partial charge in [0.05, 0.1) is 0 Å². The lowest BCUT2D eigenvalue weighted by atomic mass is 10.1. The SMILES string of the molecule is CCN1CCN(c2ccc(NC(=O)COC(=O)c3cc4c(s3)CCCCC4)cc2)CC1. The Bertz CT molecular complexity index is 878. The van der Waals surface area contributed by atoms with Crippen LogP contribution >= 0.6 is 11.3 Å². The van der Waals surface area contributed by atoms with E-state index >= 15 is 0 Å². The van der Waals surface area contributed by atoms with E-state index in [9.17, 15) is 9.59 Å². The number of rotatable bonds is 6. The van der Waals surface area contributed by atoms with Crippen molar-refractivity contribution in [1.82, 2.24) is 4.90 Å². The van der Waals surface area contributed by atoms with Crippen LogP contribution in [0.3, 0.4) is 0 Å². The molecule has 166 valence electrons. The molecule has 4 rings (SSSR count). The number of aryl methyl sites for hydroxylation is 2. The molecule has 31 heavy (non-hydrogen) atoms. The number of esters is 1. The van der Waals surface area contributed by atoms with E-state index in [1.807, 2.05) is 30.3 Å². The summed E-state index contributed by atoms with van der Waals surface area (Å²) < 4.78 is 5.26. The van der Waals surface area contributed by atoms with Gasteiger partial charge in [0.2, 0.25) is 0 Å². The maximum Gasteiger partial charge on any atom is 0.348 e. The molecule has 6 nitrogen and oxygen atoms in total. The van der Waals surface area contributed by atoms with Crippen molar-refractivity contribution in [3.63, 3.8) is 0 Å². The molecule has 1 aromatic heterocycles. The number of carbonyl (C=O) groups excluding carboxylic acids is 2. The van der Waals surface area contributed by atoms with Crippen molar-refractivity contribution in [2.45, 2.75) is 39.0 Å². The number of nitrogens with zero attached hydrogens (tertiary/aromatic N) is 2. The Balaban J connectivity index is 1.25. The molecule has 1 fully saturated rings. The van der Waals surface area contributed by atoms with Gasteiger partial charge in [-0.15, -0.1) is 11.3 Å². The first-order valence-corrected chi connectivity index (χ1v) is 12.1. The first-order chi connectivity index (χ1) is 15.1. The van der Waals surface area contributed by atoms with Gasteiger partial charge in [0, 0.05) is 42.4 Å². The molecule has 0 unspecified atom stereocenters. The van der Waals surface area contributed by atoms with Crippen LogP contribution in [0.25, 0.3) is 0 Å². The second kappa shape index (κ2) is 10.3. The lowest BCUT2D eigenvalue weighted by molar-refractivity contribution is -0.119. The zero-order valence-corrected chi connectivity index (χ0v) is 19.0. The van der Waals surface area contributed by atoms with E-state index in [2.05, 4.69) is 22.0 Å². The number of piperazine rings is 1. The Labute approximate surface area is 188 Å². The lowest BCUT2D eigenvalue weighted by Crippen LogP contribution is -2.46. The molecule has 0 radical (unpaired) electrons. The van der Waals surface area contributed by atoms with Crippen molar-refractivity contribution in [2.75, 3.05) is 49.5 Å². The van der Waals surface area contributed by atoms with Crippen molar-refractivity contribution in [3.05, 3.63) is 45.6 Å². The van der Waals surface area contributed by atoms with Gasteiger partial charge in [0.25, 0.3) is 5.91 Å². The second-order valence-electron chi connectivity index (χ2n) is 8.21. The molecular weight excluding hydrogens is 410 g/mol. The molecule has 2 heterocycles. The summed E-state index contributed by atoms with van der Waals surface area (Å²) >= 11 is 1.52. The van der Waals surface area contributed by atoms with E-state index in [1.54, 1.807) is 0 Å². The summed E-state index contributed by atoms with van der Waals surface area (Å²) in [6.45, 7) is 7.20. The van der Waals surface area contributed by atoms with Gasteiger partial charge in [-0.1, -0.05) is 13.3 Å². The molecule has 2 aliphatic rings. The monoisotopic (exact) mass is 441 g/mol. The lowest BCUT2D eigenvalue weighted by Gasteiger charge is -2.35. The predicted molar refractivity (Wildman–Crippen MR) is 125 cm³/mol. The largest absolute Gasteiger partial charge is 0.451 e. The van der Waals surface area contributed by atoms with Gasteiger partial charge in [-0.3, -0.25) is 4.79 Å². The fourth-order valence-corrected chi connectivity index (χ4v) is 5.39. The first kappa shape index (κ1) is 21.8. The molecule has 1 amide bonds. The van der Waals surface area contributed by atoms with Gasteiger partial charge in [-0.25, -0.2) is 4.79 Å². The third-order valence-electron chi connectivity index (χ3n) is 6.12. The molecule has 1 aromatic carbocycles. The molecule has 0 bridgehead atoms. The standard InChI is InChI=1S/C24H31N3O3S/c1-2-26-12-14-27(15-13-26)20-10-8-19(9-11-20)25-23(28)17-30-24(29)22-16-18-6-4-3-5-7-21(18)31-22/h8-11,16H,2-7,12-15,17H2,1H3,(H,25,28). The topological polar surface area (TPSA) is 61.9 Å². The van der Waals surface area contributed by atoms with Crippen LogP contribution in [-0.4, -0.2) is 56.1 Å². The summed E-state index contributed by atoms with van der Waals surface area (Å²) in [5.74, 6) is -0.731. The van der Waals surface area contributed by atoms with Crippen LogP contribution in [0.1, 0.15) is 46.3 Å². The highest BCUT2D eigenvalue weighted by Gasteiger charge is 2.19. The number of likely N-dealkylation sites (N-methyl/N-ethyl adjacent to an activating group) is 1. The van der Waals surface area contributed by atoms with E-state index in [4.69, 9.17) is 4.74 Å². The molecule has 2 aromatic rings. The maximum absolute atomic E-state index is 12.4. The normalized spacial score (nSPS) is 17.0. The van der Waals surface area contributed by atoms with Crippen molar-refractivity contribution >= 4 is 34.6 Å². The third-order valence-corrected chi connectivity index (χ3v) is 7.33. The summed E-state index contributed by atoms with van der Waals surface area (Å²) in [6.07, 6.45) is 5.67. The zero-order chi connectivity index (χ0) is 21.6. The van der Waals surface area contributed by atoms with Crippen LogP contribution in [0.15, 0.2) is 30.3 Å².